The van der Waals surface area contributed by atoms with Gasteiger partial charge < -0.3 is 15.7 Å². The van der Waals surface area contributed by atoms with Gasteiger partial charge in [-0.05, 0) is 56.4 Å². The number of fused-ring (bicyclic) bond motifs is 2. The standard InChI is InChI=1S/C18H34N2O/c1-16(2,3)14-4-7-17(13-19,8-5-14)18(21)9-11-20-10-6-15(18)12-20/h14-15,21H,4-13,19H2,1-3H3. The van der Waals surface area contributed by atoms with E-state index in [4.69, 9.17) is 5.73 Å². The Morgan fingerprint density at radius 3 is 2.33 bits per heavy atom. The predicted octanol–water partition coefficient (Wildman–Crippen LogP) is 2.62. The zero-order chi connectivity index (χ0) is 15.3. The Hall–Kier alpha value is -0.120. The van der Waals surface area contributed by atoms with Crippen molar-refractivity contribution in [3.05, 3.63) is 0 Å². The number of piperidine rings is 1. The van der Waals surface area contributed by atoms with E-state index >= 15 is 0 Å². The highest BCUT2D eigenvalue weighted by Gasteiger charge is 2.58. The van der Waals surface area contributed by atoms with E-state index in [9.17, 15) is 5.11 Å². The molecule has 2 aliphatic heterocycles. The Kier molecular flexibility index (Phi) is 3.91. The van der Waals surface area contributed by atoms with Crippen LogP contribution in [-0.4, -0.2) is 41.8 Å². The van der Waals surface area contributed by atoms with Gasteiger partial charge >= 0.3 is 0 Å². The second-order valence-electron chi connectivity index (χ2n) is 9.09. The first-order valence-electron chi connectivity index (χ1n) is 8.96. The molecule has 2 heterocycles. The van der Waals surface area contributed by atoms with Crippen molar-refractivity contribution in [2.75, 3.05) is 26.2 Å². The van der Waals surface area contributed by atoms with Crippen molar-refractivity contribution in [2.24, 2.45) is 28.4 Å². The highest BCUT2D eigenvalue weighted by molar-refractivity contribution is 5.10. The molecular formula is C18H34N2O. The third kappa shape index (κ3) is 2.46. The van der Waals surface area contributed by atoms with Crippen molar-refractivity contribution in [2.45, 2.75) is 64.9 Å². The quantitative estimate of drug-likeness (QED) is 0.823. The summed E-state index contributed by atoms with van der Waals surface area (Å²) in [6.07, 6.45) is 6.83. The molecule has 3 rings (SSSR count). The van der Waals surface area contributed by atoms with Gasteiger partial charge in [0.2, 0.25) is 0 Å². The van der Waals surface area contributed by atoms with Crippen molar-refractivity contribution in [3.63, 3.8) is 0 Å². The average Bonchev–Trinajstić information content (AvgIpc) is 2.87. The molecule has 0 aromatic carbocycles. The smallest absolute Gasteiger partial charge is 0.0768 e. The summed E-state index contributed by atoms with van der Waals surface area (Å²) in [4.78, 5) is 2.52. The van der Waals surface area contributed by atoms with Crippen LogP contribution in [0.4, 0.5) is 0 Å². The molecule has 3 heteroatoms. The zero-order valence-corrected chi connectivity index (χ0v) is 14.2. The number of nitrogens with zero attached hydrogens (tertiary/aromatic N) is 1. The van der Waals surface area contributed by atoms with Crippen LogP contribution in [0.25, 0.3) is 0 Å². The van der Waals surface area contributed by atoms with Gasteiger partial charge in [0.15, 0.2) is 0 Å². The van der Waals surface area contributed by atoms with E-state index in [1.165, 1.54) is 25.8 Å². The molecule has 0 aromatic rings. The first-order chi connectivity index (χ1) is 9.81. The van der Waals surface area contributed by atoms with Crippen molar-refractivity contribution in [1.29, 1.82) is 0 Å². The highest BCUT2D eigenvalue weighted by Crippen LogP contribution is 2.55. The molecule has 3 fully saturated rings. The average molecular weight is 294 g/mol. The summed E-state index contributed by atoms with van der Waals surface area (Å²) in [6, 6.07) is 0. The van der Waals surface area contributed by atoms with Gasteiger partial charge in [-0.15, -0.1) is 0 Å². The Labute approximate surface area is 130 Å². The van der Waals surface area contributed by atoms with E-state index in [1.54, 1.807) is 0 Å². The van der Waals surface area contributed by atoms with Crippen LogP contribution in [0.3, 0.4) is 0 Å². The molecule has 3 atom stereocenters. The van der Waals surface area contributed by atoms with E-state index in [-0.39, 0.29) is 5.41 Å². The summed E-state index contributed by atoms with van der Waals surface area (Å²) in [5.41, 5.74) is 6.13. The van der Waals surface area contributed by atoms with E-state index in [1.807, 2.05) is 0 Å². The molecular weight excluding hydrogens is 260 g/mol. The molecule has 122 valence electrons. The topological polar surface area (TPSA) is 49.5 Å². The van der Waals surface area contributed by atoms with Gasteiger partial charge in [-0.3, -0.25) is 0 Å². The summed E-state index contributed by atoms with van der Waals surface area (Å²) in [5, 5.41) is 11.6. The molecule has 3 aliphatic rings. The van der Waals surface area contributed by atoms with E-state index < -0.39 is 5.60 Å². The summed E-state index contributed by atoms with van der Waals surface area (Å²) in [5.74, 6) is 1.24. The lowest BCUT2D eigenvalue weighted by atomic mass is 9.54. The Balaban J connectivity index is 1.79. The Morgan fingerprint density at radius 2 is 1.76 bits per heavy atom. The second kappa shape index (κ2) is 5.21. The molecule has 2 bridgehead atoms. The van der Waals surface area contributed by atoms with Gasteiger partial charge in [-0.1, -0.05) is 20.8 Å². The molecule has 0 amide bonds. The number of hydrogen-bond donors (Lipinski definition) is 2. The number of nitrogens with two attached hydrogens (primary N) is 1. The second-order valence-corrected chi connectivity index (χ2v) is 9.09. The summed E-state index contributed by atoms with van der Waals surface area (Å²) in [7, 11) is 0. The molecule has 1 aliphatic carbocycles. The highest BCUT2D eigenvalue weighted by atomic mass is 16.3. The van der Waals surface area contributed by atoms with Crippen molar-refractivity contribution < 1.29 is 5.11 Å². The molecule has 3 unspecified atom stereocenters. The van der Waals surface area contributed by atoms with Gasteiger partial charge in [0, 0.05) is 31.0 Å². The van der Waals surface area contributed by atoms with Crippen LogP contribution >= 0.6 is 0 Å². The lowest BCUT2D eigenvalue weighted by Crippen LogP contribution is -2.61. The largest absolute Gasteiger partial charge is 0.389 e. The minimum Gasteiger partial charge on any atom is -0.389 e. The van der Waals surface area contributed by atoms with Crippen molar-refractivity contribution in [3.8, 4) is 0 Å². The molecule has 3 nitrogen and oxygen atoms in total. The van der Waals surface area contributed by atoms with Crippen LogP contribution in [-0.2, 0) is 0 Å². The normalized spacial score (nSPS) is 47.6. The van der Waals surface area contributed by atoms with E-state index in [0.29, 0.717) is 17.9 Å². The first-order valence-corrected chi connectivity index (χ1v) is 8.96. The van der Waals surface area contributed by atoms with Crippen LogP contribution in [0.1, 0.15) is 59.3 Å². The Morgan fingerprint density at radius 1 is 1.10 bits per heavy atom. The van der Waals surface area contributed by atoms with Gasteiger partial charge in [0.05, 0.1) is 5.60 Å². The fraction of sp³-hybridized carbons (Fsp3) is 1.00. The number of hydrogen-bond acceptors (Lipinski definition) is 3. The maximum Gasteiger partial charge on any atom is 0.0768 e. The minimum atomic E-state index is -0.502. The van der Waals surface area contributed by atoms with Crippen LogP contribution in [0, 0.1) is 22.7 Å². The zero-order valence-electron chi connectivity index (χ0n) is 14.2. The van der Waals surface area contributed by atoms with Crippen LogP contribution in [0.5, 0.6) is 0 Å². The van der Waals surface area contributed by atoms with Gasteiger partial charge in [0.25, 0.3) is 0 Å². The molecule has 0 radical (unpaired) electrons. The van der Waals surface area contributed by atoms with Crippen molar-refractivity contribution >= 4 is 0 Å². The molecule has 3 N–H and O–H groups in total. The summed E-state index contributed by atoms with van der Waals surface area (Å²) >= 11 is 0. The lowest BCUT2D eigenvalue weighted by molar-refractivity contribution is -0.160. The van der Waals surface area contributed by atoms with Crippen molar-refractivity contribution in [1.82, 2.24) is 4.90 Å². The number of aliphatic hydroxyl groups is 1. The summed E-state index contributed by atoms with van der Waals surface area (Å²) < 4.78 is 0. The van der Waals surface area contributed by atoms with Crippen LogP contribution in [0.2, 0.25) is 0 Å². The van der Waals surface area contributed by atoms with Crippen LogP contribution in [0.15, 0.2) is 0 Å². The van der Waals surface area contributed by atoms with Crippen LogP contribution < -0.4 is 5.73 Å². The maximum atomic E-state index is 11.6. The molecule has 2 saturated heterocycles. The van der Waals surface area contributed by atoms with Gasteiger partial charge in [0.1, 0.15) is 0 Å². The molecule has 0 spiro atoms. The van der Waals surface area contributed by atoms with Gasteiger partial charge in [-0.2, -0.15) is 0 Å². The fourth-order valence-electron chi connectivity index (χ4n) is 5.51. The molecule has 21 heavy (non-hydrogen) atoms. The third-order valence-corrected chi connectivity index (χ3v) is 7.23. The SMILES string of the molecule is CC(C)(C)C1CCC(CN)(C2(O)CCN3CCC2C3)CC1. The molecule has 0 aromatic heterocycles. The monoisotopic (exact) mass is 294 g/mol. The fourth-order valence-corrected chi connectivity index (χ4v) is 5.51. The van der Waals surface area contributed by atoms with E-state index in [2.05, 4.69) is 25.7 Å². The van der Waals surface area contributed by atoms with Gasteiger partial charge in [-0.25, -0.2) is 0 Å². The minimum absolute atomic E-state index is 0.0180. The third-order valence-electron chi connectivity index (χ3n) is 7.23. The van der Waals surface area contributed by atoms with E-state index in [0.717, 1.165) is 38.3 Å². The summed E-state index contributed by atoms with van der Waals surface area (Å²) in [6.45, 7) is 11.1. The molecule has 1 saturated carbocycles. The lowest BCUT2D eigenvalue weighted by Gasteiger charge is -2.56. The predicted molar refractivity (Wildman–Crippen MR) is 87.0 cm³/mol. The maximum absolute atomic E-state index is 11.6. The Bertz CT molecular complexity index is 381. The first kappa shape index (κ1) is 15.8. The number of rotatable bonds is 2.